The molecule has 3 aromatic carbocycles. The quantitative estimate of drug-likeness (QED) is 0.363. The normalized spacial score (nSPS) is 14.3. The molecule has 0 unspecified atom stereocenters. The molecule has 1 aliphatic heterocycles. The number of benzene rings is 3. The molecule has 6 heteroatoms. The fourth-order valence-electron chi connectivity index (χ4n) is 3.78. The van der Waals surface area contributed by atoms with E-state index in [4.69, 9.17) is 19.4 Å². The van der Waals surface area contributed by atoms with Crippen LogP contribution in [0.5, 0.6) is 11.5 Å². The van der Waals surface area contributed by atoms with E-state index in [0.717, 1.165) is 57.0 Å². The lowest BCUT2D eigenvalue weighted by Gasteiger charge is -2.14. The van der Waals surface area contributed by atoms with E-state index in [9.17, 15) is 0 Å². The van der Waals surface area contributed by atoms with Gasteiger partial charge in [0.2, 0.25) is 0 Å². The van der Waals surface area contributed by atoms with E-state index >= 15 is 0 Å². The average Bonchev–Trinajstić information content (AvgIpc) is 2.86. The van der Waals surface area contributed by atoms with Crippen molar-refractivity contribution in [3.8, 4) is 11.5 Å². The van der Waals surface area contributed by atoms with Crippen molar-refractivity contribution in [2.24, 2.45) is 9.98 Å². The molecule has 0 spiro atoms. The zero-order chi connectivity index (χ0) is 23.2. The molecule has 5 rings (SSSR count). The maximum absolute atomic E-state index is 6.21. The Balaban J connectivity index is 1.54. The van der Waals surface area contributed by atoms with E-state index in [-0.39, 0.29) is 13.2 Å². The predicted octanol–water partition coefficient (Wildman–Crippen LogP) is 5.34. The number of hydrogen-bond donors (Lipinski definition) is 0. The molecule has 4 aromatic rings. The van der Waals surface area contributed by atoms with Gasteiger partial charge < -0.3 is 9.47 Å². The number of para-hydroxylation sites is 2. The van der Waals surface area contributed by atoms with E-state index in [1.54, 1.807) is 0 Å². The molecule has 34 heavy (non-hydrogen) atoms. The third-order valence-corrected chi connectivity index (χ3v) is 5.58. The van der Waals surface area contributed by atoms with Gasteiger partial charge >= 0.3 is 0 Å². The van der Waals surface area contributed by atoms with Crippen molar-refractivity contribution in [2.45, 2.75) is 26.6 Å². The topological polar surface area (TPSA) is 69.0 Å². The van der Waals surface area contributed by atoms with Crippen LogP contribution in [0.4, 0.5) is 0 Å². The minimum absolute atomic E-state index is 0.281. The van der Waals surface area contributed by atoms with Crippen molar-refractivity contribution in [2.75, 3.05) is 13.1 Å². The van der Waals surface area contributed by atoms with Crippen LogP contribution in [-0.2, 0) is 13.2 Å². The summed E-state index contributed by atoms with van der Waals surface area (Å²) in [5, 5.41) is 0. The highest BCUT2D eigenvalue weighted by atomic mass is 16.5. The second-order valence-electron chi connectivity index (χ2n) is 8.19. The van der Waals surface area contributed by atoms with Crippen LogP contribution in [0, 0.1) is 6.92 Å². The number of aliphatic imine (C=N–C) groups is 2. The summed E-state index contributed by atoms with van der Waals surface area (Å²) in [6, 6.07) is 21.9. The standard InChI is InChI=1S/C28H26N4O2/c1-20-11-12-23-24(15-20)32-26-19-34-28-10-5-3-8-22(28)17-30-14-6-13-29-16-21-7-2-4-9-27(21)33-18-25(26)31-23/h2-5,7-12,15-17H,6,13-14,18-19H2,1H3. The molecule has 0 aliphatic carbocycles. The first kappa shape index (κ1) is 21.8. The smallest absolute Gasteiger partial charge is 0.132 e. The summed E-state index contributed by atoms with van der Waals surface area (Å²) < 4.78 is 12.4. The molecule has 170 valence electrons. The number of rotatable bonds is 0. The summed E-state index contributed by atoms with van der Waals surface area (Å²) in [6.45, 7) is 4.01. The Hall–Kier alpha value is -4.06. The molecular formula is C28H26N4O2. The van der Waals surface area contributed by atoms with Crippen LogP contribution in [0.15, 0.2) is 76.7 Å². The number of aryl methyl sites for hydroxylation is 1. The van der Waals surface area contributed by atoms with Crippen molar-refractivity contribution in [3.05, 3.63) is 94.8 Å². The van der Waals surface area contributed by atoms with Gasteiger partial charge in [-0.15, -0.1) is 0 Å². The van der Waals surface area contributed by atoms with Crippen molar-refractivity contribution in [3.63, 3.8) is 0 Å². The highest BCUT2D eigenvalue weighted by Crippen LogP contribution is 2.22. The molecule has 2 heterocycles. The molecule has 1 aliphatic rings. The third kappa shape index (κ3) is 5.12. The minimum atomic E-state index is 0.281. The van der Waals surface area contributed by atoms with Crippen LogP contribution in [0.3, 0.4) is 0 Å². The molecule has 0 radical (unpaired) electrons. The minimum Gasteiger partial charge on any atom is -0.487 e. The summed E-state index contributed by atoms with van der Waals surface area (Å²) in [5.74, 6) is 1.52. The van der Waals surface area contributed by atoms with Gasteiger partial charge in [-0.2, -0.15) is 0 Å². The maximum Gasteiger partial charge on any atom is 0.132 e. The van der Waals surface area contributed by atoms with Gasteiger partial charge in [-0.3, -0.25) is 9.98 Å². The molecule has 0 N–H and O–H groups in total. The van der Waals surface area contributed by atoms with Gasteiger partial charge in [-0.05, 0) is 55.3 Å². The monoisotopic (exact) mass is 450 g/mol. The summed E-state index contributed by atoms with van der Waals surface area (Å²) in [7, 11) is 0. The fourth-order valence-corrected chi connectivity index (χ4v) is 3.78. The lowest BCUT2D eigenvalue weighted by atomic mass is 10.2. The Bertz CT molecular complexity index is 1360. The second kappa shape index (κ2) is 10.3. The second-order valence-corrected chi connectivity index (χ2v) is 8.19. The van der Waals surface area contributed by atoms with Crippen LogP contribution in [0.1, 0.15) is 34.5 Å². The Morgan fingerprint density at radius 1 is 0.647 bits per heavy atom. The Kier molecular flexibility index (Phi) is 6.56. The largest absolute Gasteiger partial charge is 0.487 e. The van der Waals surface area contributed by atoms with Crippen molar-refractivity contribution < 1.29 is 9.47 Å². The third-order valence-electron chi connectivity index (χ3n) is 5.58. The predicted molar refractivity (Wildman–Crippen MR) is 135 cm³/mol. The van der Waals surface area contributed by atoms with Crippen LogP contribution in [0.25, 0.3) is 11.0 Å². The Morgan fingerprint density at radius 2 is 1.21 bits per heavy atom. The van der Waals surface area contributed by atoms with Gasteiger partial charge in [-0.25, -0.2) is 9.97 Å². The number of nitrogens with zero attached hydrogens (tertiary/aromatic N) is 4. The van der Waals surface area contributed by atoms with Crippen LogP contribution >= 0.6 is 0 Å². The lowest BCUT2D eigenvalue weighted by Crippen LogP contribution is -2.10. The molecular weight excluding hydrogens is 424 g/mol. The van der Waals surface area contributed by atoms with E-state index in [2.05, 4.69) is 16.9 Å². The number of hydrogen-bond acceptors (Lipinski definition) is 6. The van der Waals surface area contributed by atoms with Crippen LogP contribution < -0.4 is 9.47 Å². The first-order valence-electron chi connectivity index (χ1n) is 11.5. The molecule has 0 amide bonds. The first-order valence-corrected chi connectivity index (χ1v) is 11.5. The molecule has 0 fully saturated rings. The zero-order valence-corrected chi connectivity index (χ0v) is 19.1. The van der Waals surface area contributed by atoms with E-state index in [0.29, 0.717) is 13.1 Å². The Labute approximate surface area is 199 Å². The highest BCUT2D eigenvalue weighted by Gasteiger charge is 2.13. The fraction of sp³-hybridized carbons (Fsp3) is 0.214. The number of aromatic nitrogens is 2. The Morgan fingerprint density at radius 3 is 1.82 bits per heavy atom. The van der Waals surface area contributed by atoms with Gasteiger partial charge in [0, 0.05) is 36.6 Å². The van der Waals surface area contributed by atoms with Crippen LogP contribution in [-0.4, -0.2) is 35.5 Å². The van der Waals surface area contributed by atoms with Crippen molar-refractivity contribution in [1.82, 2.24) is 9.97 Å². The van der Waals surface area contributed by atoms with E-state index in [1.165, 1.54) is 0 Å². The number of fused-ring (bicyclic) bond motifs is 4. The van der Waals surface area contributed by atoms with Gasteiger partial charge in [0.15, 0.2) is 0 Å². The molecule has 6 nitrogen and oxygen atoms in total. The van der Waals surface area contributed by atoms with Gasteiger partial charge in [0.05, 0.1) is 11.0 Å². The highest BCUT2D eigenvalue weighted by molar-refractivity contribution is 5.84. The van der Waals surface area contributed by atoms with Gasteiger partial charge in [-0.1, -0.05) is 30.3 Å². The molecule has 0 saturated heterocycles. The average molecular weight is 451 g/mol. The molecule has 0 bridgehead atoms. The van der Waals surface area contributed by atoms with E-state index in [1.807, 2.05) is 79.2 Å². The van der Waals surface area contributed by atoms with Crippen LogP contribution in [0.2, 0.25) is 0 Å². The molecule has 0 saturated carbocycles. The first-order chi connectivity index (χ1) is 16.8. The summed E-state index contributed by atoms with van der Waals surface area (Å²) in [6.07, 6.45) is 4.60. The van der Waals surface area contributed by atoms with E-state index < -0.39 is 0 Å². The van der Waals surface area contributed by atoms with Gasteiger partial charge in [0.1, 0.15) is 36.1 Å². The summed E-state index contributed by atoms with van der Waals surface area (Å²) in [4.78, 5) is 18.9. The lowest BCUT2D eigenvalue weighted by molar-refractivity contribution is 0.277. The maximum atomic E-state index is 6.21. The van der Waals surface area contributed by atoms with Crippen molar-refractivity contribution >= 4 is 23.5 Å². The SMILES string of the molecule is Cc1ccc2nc3c(nc2c1)COc1ccccc1C=NCCCN=Cc1ccccc1OC3. The van der Waals surface area contributed by atoms with Gasteiger partial charge in [0.25, 0.3) is 0 Å². The summed E-state index contributed by atoms with van der Waals surface area (Å²) in [5.41, 5.74) is 6.18. The van der Waals surface area contributed by atoms with Crippen molar-refractivity contribution in [1.29, 1.82) is 0 Å². The molecule has 0 atom stereocenters. The molecule has 1 aromatic heterocycles. The summed E-state index contributed by atoms with van der Waals surface area (Å²) >= 11 is 0. The zero-order valence-electron chi connectivity index (χ0n) is 19.1. The number of ether oxygens (including phenoxy) is 2.